The van der Waals surface area contributed by atoms with E-state index < -0.39 is 0 Å². The van der Waals surface area contributed by atoms with Crippen LogP contribution in [0.25, 0.3) is 0 Å². The van der Waals surface area contributed by atoms with Crippen LogP contribution >= 0.6 is 12.4 Å². The maximum absolute atomic E-state index is 5.63. The molecule has 0 atom stereocenters. The van der Waals surface area contributed by atoms with Gasteiger partial charge in [-0.1, -0.05) is 6.07 Å². The van der Waals surface area contributed by atoms with E-state index in [0.717, 1.165) is 24.5 Å². The Morgan fingerprint density at radius 2 is 2.11 bits per heavy atom. The van der Waals surface area contributed by atoms with Gasteiger partial charge in [-0.25, -0.2) is 4.98 Å². The summed E-state index contributed by atoms with van der Waals surface area (Å²) in [5, 5.41) is 0. The lowest BCUT2D eigenvalue weighted by Gasteiger charge is -2.07. The summed E-state index contributed by atoms with van der Waals surface area (Å²) in [7, 11) is 1.65. The van der Waals surface area contributed by atoms with E-state index in [1.165, 1.54) is 0 Å². The summed E-state index contributed by atoms with van der Waals surface area (Å²) in [4.78, 5) is 3.99. The van der Waals surface area contributed by atoms with E-state index in [4.69, 9.17) is 9.47 Å². The molecular weight excluding hydrogens is 252 g/mol. The molecule has 4 nitrogen and oxygen atoms in total. The van der Waals surface area contributed by atoms with Gasteiger partial charge in [0.05, 0.1) is 20.0 Å². The first-order chi connectivity index (χ1) is 8.38. The van der Waals surface area contributed by atoms with Crippen LogP contribution < -0.4 is 9.47 Å². The van der Waals surface area contributed by atoms with Gasteiger partial charge in [-0.05, 0) is 18.6 Å². The number of hydrogen-bond acceptors (Lipinski definition) is 3. The third-order valence-corrected chi connectivity index (χ3v) is 2.43. The van der Waals surface area contributed by atoms with Gasteiger partial charge in [-0.2, -0.15) is 0 Å². The van der Waals surface area contributed by atoms with Crippen molar-refractivity contribution in [2.24, 2.45) is 0 Å². The topological polar surface area (TPSA) is 36.3 Å². The summed E-state index contributed by atoms with van der Waals surface area (Å²) in [6, 6.07) is 7.64. The molecule has 0 N–H and O–H groups in total. The van der Waals surface area contributed by atoms with Crippen molar-refractivity contribution in [1.29, 1.82) is 0 Å². The van der Waals surface area contributed by atoms with E-state index in [-0.39, 0.29) is 12.4 Å². The maximum Gasteiger partial charge on any atom is 0.122 e. The van der Waals surface area contributed by atoms with E-state index in [2.05, 4.69) is 4.98 Å². The summed E-state index contributed by atoms with van der Waals surface area (Å²) < 4.78 is 12.8. The second-order valence-corrected chi connectivity index (χ2v) is 3.68. The van der Waals surface area contributed by atoms with Crippen molar-refractivity contribution in [3.63, 3.8) is 0 Å². The van der Waals surface area contributed by atoms with Crippen LogP contribution in [0.3, 0.4) is 0 Å². The zero-order valence-electron chi connectivity index (χ0n) is 10.3. The Kier molecular flexibility index (Phi) is 6.08. The Morgan fingerprint density at radius 1 is 1.28 bits per heavy atom. The molecule has 2 aromatic rings. The first-order valence-electron chi connectivity index (χ1n) is 5.61. The minimum Gasteiger partial charge on any atom is -0.497 e. The number of methoxy groups -OCH3 is 1. The molecule has 1 aromatic heterocycles. The molecule has 5 heteroatoms. The van der Waals surface area contributed by atoms with Gasteiger partial charge < -0.3 is 14.0 Å². The van der Waals surface area contributed by atoms with Gasteiger partial charge >= 0.3 is 0 Å². The van der Waals surface area contributed by atoms with Crippen molar-refractivity contribution in [1.82, 2.24) is 9.55 Å². The smallest absolute Gasteiger partial charge is 0.122 e. The molecule has 0 saturated heterocycles. The number of aromatic nitrogens is 2. The predicted molar refractivity (Wildman–Crippen MR) is 72.6 cm³/mol. The van der Waals surface area contributed by atoms with Crippen LogP contribution in [0.1, 0.15) is 6.42 Å². The molecule has 98 valence electrons. The highest BCUT2D eigenvalue weighted by Crippen LogP contribution is 2.18. The molecule has 0 aliphatic carbocycles. The highest BCUT2D eigenvalue weighted by molar-refractivity contribution is 5.85. The molecule has 2 rings (SSSR count). The highest BCUT2D eigenvalue weighted by atomic mass is 35.5. The Bertz CT molecular complexity index is 446. The van der Waals surface area contributed by atoms with Gasteiger partial charge in [-0.3, -0.25) is 0 Å². The normalized spacial score (nSPS) is 9.61. The molecule has 0 aliphatic rings. The fourth-order valence-corrected chi connectivity index (χ4v) is 1.55. The highest BCUT2D eigenvalue weighted by Gasteiger charge is 1.96. The van der Waals surface area contributed by atoms with Crippen LogP contribution in [0.4, 0.5) is 0 Å². The second kappa shape index (κ2) is 7.61. The SMILES string of the molecule is COc1cccc(OCCCn2ccnc2)c1.Cl. The molecule has 1 aromatic carbocycles. The monoisotopic (exact) mass is 268 g/mol. The molecule has 0 radical (unpaired) electrons. The van der Waals surface area contributed by atoms with Crippen LogP contribution in [0.5, 0.6) is 11.5 Å². The number of rotatable bonds is 6. The van der Waals surface area contributed by atoms with E-state index >= 15 is 0 Å². The average Bonchev–Trinajstić information content (AvgIpc) is 2.88. The molecule has 0 aliphatic heterocycles. The number of benzene rings is 1. The van der Waals surface area contributed by atoms with Crippen molar-refractivity contribution in [3.8, 4) is 11.5 Å². The van der Waals surface area contributed by atoms with Gasteiger partial charge in [0, 0.05) is 25.0 Å². The number of ether oxygens (including phenoxy) is 2. The number of nitrogens with zero attached hydrogens (tertiary/aromatic N) is 2. The second-order valence-electron chi connectivity index (χ2n) is 3.68. The van der Waals surface area contributed by atoms with Crippen LogP contribution in [-0.4, -0.2) is 23.3 Å². The Balaban J connectivity index is 0.00000162. The molecule has 0 unspecified atom stereocenters. The zero-order valence-corrected chi connectivity index (χ0v) is 11.1. The minimum atomic E-state index is 0. The number of hydrogen-bond donors (Lipinski definition) is 0. The molecule has 18 heavy (non-hydrogen) atoms. The Morgan fingerprint density at radius 3 is 2.83 bits per heavy atom. The first kappa shape index (κ1) is 14.4. The van der Waals surface area contributed by atoms with E-state index in [0.29, 0.717) is 6.61 Å². The molecule has 0 bridgehead atoms. The zero-order chi connectivity index (χ0) is 11.9. The summed E-state index contributed by atoms with van der Waals surface area (Å²) in [5.41, 5.74) is 0. The predicted octanol–water partition coefficient (Wildman–Crippen LogP) is 2.78. The largest absolute Gasteiger partial charge is 0.497 e. The number of imidazole rings is 1. The summed E-state index contributed by atoms with van der Waals surface area (Å²) in [6.07, 6.45) is 6.49. The van der Waals surface area contributed by atoms with Gasteiger partial charge in [-0.15, -0.1) is 12.4 Å². The van der Waals surface area contributed by atoms with Crippen molar-refractivity contribution in [2.75, 3.05) is 13.7 Å². The van der Waals surface area contributed by atoms with Crippen LogP contribution in [-0.2, 0) is 6.54 Å². The third kappa shape index (κ3) is 4.30. The Labute approximate surface area is 113 Å². The lowest BCUT2D eigenvalue weighted by Crippen LogP contribution is -2.03. The van der Waals surface area contributed by atoms with Crippen LogP contribution in [0, 0.1) is 0 Å². The number of aryl methyl sites for hydroxylation is 1. The maximum atomic E-state index is 5.63. The molecular formula is C13H17ClN2O2. The molecule has 1 heterocycles. The molecule has 0 spiro atoms. The summed E-state index contributed by atoms with van der Waals surface area (Å²) in [6.45, 7) is 1.61. The van der Waals surface area contributed by atoms with E-state index in [1.807, 2.05) is 41.4 Å². The van der Waals surface area contributed by atoms with Gasteiger partial charge in [0.15, 0.2) is 0 Å². The first-order valence-corrected chi connectivity index (χ1v) is 5.61. The van der Waals surface area contributed by atoms with Gasteiger partial charge in [0.25, 0.3) is 0 Å². The average molecular weight is 269 g/mol. The molecule has 0 saturated carbocycles. The van der Waals surface area contributed by atoms with Crippen LogP contribution in [0.15, 0.2) is 43.0 Å². The fourth-order valence-electron chi connectivity index (χ4n) is 1.55. The summed E-state index contributed by atoms with van der Waals surface area (Å²) >= 11 is 0. The third-order valence-electron chi connectivity index (χ3n) is 2.43. The van der Waals surface area contributed by atoms with Gasteiger partial charge in [0.1, 0.15) is 11.5 Å². The minimum absolute atomic E-state index is 0. The standard InChI is InChI=1S/C13H16N2O2.ClH/c1-16-12-4-2-5-13(10-12)17-9-3-7-15-8-6-14-11-15;/h2,4-6,8,10-11H,3,7,9H2,1H3;1H. The van der Waals surface area contributed by atoms with E-state index in [9.17, 15) is 0 Å². The van der Waals surface area contributed by atoms with Gasteiger partial charge in [0.2, 0.25) is 0 Å². The number of halogens is 1. The molecule has 0 amide bonds. The van der Waals surface area contributed by atoms with Crippen molar-refractivity contribution in [2.45, 2.75) is 13.0 Å². The van der Waals surface area contributed by atoms with Crippen molar-refractivity contribution >= 4 is 12.4 Å². The lowest BCUT2D eigenvalue weighted by molar-refractivity contribution is 0.299. The van der Waals surface area contributed by atoms with Crippen molar-refractivity contribution in [3.05, 3.63) is 43.0 Å². The van der Waals surface area contributed by atoms with E-state index in [1.54, 1.807) is 13.3 Å². The fraction of sp³-hybridized carbons (Fsp3) is 0.308. The van der Waals surface area contributed by atoms with Crippen molar-refractivity contribution < 1.29 is 9.47 Å². The Hall–Kier alpha value is -1.68. The summed E-state index contributed by atoms with van der Waals surface area (Å²) in [5.74, 6) is 1.66. The van der Waals surface area contributed by atoms with Crippen LogP contribution in [0.2, 0.25) is 0 Å². The molecule has 0 fully saturated rings. The lowest BCUT2D eigenvalue weighted by atomic mass is 10.3. The quantitative estimate of drug-likeness (QED) is 0.756.